The summed E-state index contributed by atoms with van der Waals surface area (Å²) in [6, 6.07) is 10.2. The molecule has 2 atom stereocenters. The molecule has 1 aromatic carbocycles. The monoisotopic (exact) mass is 387 g/mol. The first-order valence-electron chi connectivity index (χ1n) is 5.62. The predicted octanol–water partition coefficient (Wildman–Crippen LogP) is 4.34. The number of thiophene rings is 1. The largest absolute Gasteiger partial charge is 0.385 e. The number of aliphatic hydroxyl groups excluding tert-OH is 1. The van der Waals surface area contributed by atoms with Gasteiger partial charge in [0.25, 0.3) is 0 Å². The highest BCUT2D eigenvalue weighted by atomic mass is 79.9. The summed E-state index contributed by atoms with van der Waals surface area (Å²) in [5.74, 6) is 0. The number of rotatable bonds is 2. The number of anilines is 1. The number of para-hydroxylation sites is 1. The summed E-state index contributed by atoms with van der Waals surface area (Å²) >= 11 is 8.48. The number of nitrogens with one attached hydrogen (secondary N) is 1. The fourth-order valence-electron chi connectivity index (χ4n) is 2.22. The molecule has 3 rings (SSSR count). The lowest BCUT2D eigenvalue weighted by Gasteiger charge is -2.17. The highest BCUT2D eigenvalue weighted by molar-refractivity contribution is 9.13. The second-order valence-corrected chi connectivity index (χ2v) is 7.58. The highest BCUT2D eigenvalue weighted by Crippen LogP contribution is 2.39. The van der Waals surface area contributed by atoms with Gasteiger partial charge in [-0.15, -0.1) is 11.3 Å². The van der Waals surface area contributed by atoms with Crippen molar-refractivity contribution >= 4 is 48.9 Å². The summed E-state index contributed by atoms with van der Waals surface area (Å²) in [5.41, 5.74) is 2.41. The first-order chi connectivity index (χ1) is 8.65. The second kappa shape index (κ2) is 4.96. The minimum absolute atomic E-state index is 0.0554. The Labute approximate surface area is 126 Å². The zero-order valence-electron chi connectivity index (χ0n) is 9.36. The van der Waals surface area contributed by atoms with Crippen LogP contribution in [0.5, 0.6) is 0 Å². The van der Waals surface area contributed by atoms with E-state index in [-0.39, 0.29) is 6.04 Å². The van der Waals surface area contributed by atoms with Gasteiger partial charge in [0.05, 0.1) is 9.83 Å². The predicted molar refractivity (Wildman–Crippen MR) is 82.2 cm³/mol. The number of fused-ring (bicyclic) bond motifs is 1. The fourth-order valence-corrected chi connectivity index (χ4v) is 4.37. The molecule has 2 aromatic rings. The molecular weight excluding hydrogens is 378 g/mol. The van der Waals surface area contributed by atoms with Crippen LogP contribution in [0.3, 0.4) is 0 Å². The van der Waals surface area contributed by atoms with Crippen LogP contribution >= 0.6 is 43.2 Å². The van der Waals surface area contributed by atoms with Crippen molar-refractivity contribution in [3.8, 4) is 0 Å². The topological polar surface area (TPSA) is 32.3 Å². The van der Waals surface area contributed by atoms with Crippen LogP contribution in [0.15, 0.2) is 38.6 Å². The van der Waals surface area contributed by atoms with Crippen molar-refractivity contribution in [3.05, 3.63) is 49.0 Å². The number of halogens is 2. The molecule has 2 unspecified atom stereocenters. The molecule has 0 radical (unpaired) electrons. The zero-order chi connectivity index (χ0) is 12.7. The van der Waals surface area contributed by atoms with Gasteiger partial charge in [-0.25, -0.2) is 0 Å². The lowest BCUT2D eigenvalue weighted by molar-refractivity contribution is 0.160. The summed E-state index contributed by atoms with van der Waals surface area (Å²) in [4.78, 5) is 0.971. The summed E-state index contributed by atoms with van der Waals surface area (Å²) in [5, 5.41) is 13.8. The standard InChI is InChI=1S/C13H11Br2NOS/c14-8-6-11(18-13(8)15)12(17)10-5-7-3-1-2-4-9(7)16-10/h1-4,6,10,12,16-17H,5H2. The fraction of sp³-hybridized carbons (Fsp3) is 0.231. The molecule has 2 nitrogen and oxygen atoms in total. The Kier molecular flexibility index (Phi) is 3.49. The van der Waals surface area contributed by atoms with Crippen molar-refractivity contribution in [2.75, 3.05) is 5.32 Å². The zero-order valence-corrected chi connectivity index (χ0v) is 13.3. The van der Waals surface area contributed by atoms with Crippen molar-refractivity contribution in [3.63, 3.8) is 0 Å². The van der Waals surface area contributed by atoms with Gasteiger partial charge >= 0.3 is 0 Å². The Hall–Kier alpha value is -0.360. The van der Waals surface area contributed by atoms with Crippen molar-refractivity contribution in [2.24, 2.45) is 0 Å². The molecule has 18 heavy (non-hydrogen) atoms. The van der Waals surface area contributed by atoms with Gasteiger partial charge in [-0.05, 0) is 56.0 Å². The highest BCUT2D eigenvalue weighted by Gasteiger charge is 2.28. The van der Waals surface area contributed by atoms with Crippen molar-refractivity contribution in [1.82, 2.24) is 0 Å². The van der Waals surface area contributed by atoms with E-state index in [9.17, 15) is 5.11 Å². The van der Waals surface area contributed by atoms with Gasteiger partial charge in [0, 0.05) is 15.0 Å². The van der Waals surface area contributed by atoms with Crippen LogP contribution in [0.1, 0.15) is 16.5 Å². The van der Waals surface area contributed by atoms with Crippen molar-refractivity contribution in [2.45, 2.75) is 18.6 Å². The lowest BCUT2D eigenvalue weighted by Crippen LogP contribution is -2.24. The number of benzene rings is 1. The molecule has 0 bridgehead atoms. The second-order valence-electron chi connectivity index (χ2n) is 4.33. The molecule has 5 heteroatoms. The van der Waals surface area contributed by atoms with Crippen molar-refractivity contribution in [1.29, 1.82) is 0 Å². The van der Waals surface area contributed by atoms with Crippen LogP contribution in [-0.4, -0.2) is 11.1 Å². The Bertz CT molecular complexity index is 540. The minimum atomic E-state index is -0.481. The molecule has 0 aliphatic carbocycles. The Balaban J connectivity index is 1.82. The molecular formula is C13H11Br2NOS. The smallest absolute Gasteiger partial charge is 0.109 e. The third-order valence-corrected chi connectivity index (χ3v) is 6.46. The Morgan fingerprint density at radius 1 is 1.33 bits per heavy atom. The van der Waals surface area contributed by atoms with Crippen molar-refractivity contribution < 1.29 is 5.11 Å². The molecule has 94 valence electrons. The summed E-state index contributed by atoms with van der Waals surface area (Å²) < 4.78 is 2.02. The van der Waals surface area contributed by atoms with Gasteiger partial charge in [0.1, 0.15) is 6.10 Å². The van der Waals surface area contributed by atoms with E-state index in [0.717, 1.165) is 25.2 Å². The SMILES string of the molecule is OC(c1cc(Br)c(Br)s1)C1Cc2ccccc2N1. The normalized spacial score (nSPS) is 19.4. The van der Waals surface area contributed by atoms with Crippen LogP contribution in [0.2, 0.25) is 0 Å². The minimum Gasteiger partial charge on any atom is -0.385 e. The molecule has 0 saturated heterocycles. The van der Waals surface area contributed by atoms with Crippen LogP contribution in [0.25, 0.3) is 0 Å². The molecule has 0 amide bonds. The summed E-state index contributed by atoms with van der Waals surface area (Å²) in [6.45, 7) is 0. The van der Waals surface area contributed by atoms with E-state index in [0.29, 0.717) is 0 Å². The van der Waals surface area contributed by atoms with Gasteiger partial charge < -0.3 is 10.4 Å². The quantitative estimate of drug-likeness (QED) is 0.801. The number of hydrogen-bond donors (Lipinski definition) is 2. The summed E-state index contributed by atoms with van der Waals surface area (Å²) in [7, 11) is 0. The van der Waals surface area contributed by atoms with Gasteiger partial charge in [0.2, 0.25) is 0 Å². The van der Waals surface area contributed by atoms with E-state index in [1.54, 1.807) is 11.3 Å². The van der Waals surface area contributed by atoms with Crippen LogP contribution in [0, 0.1) is 0 Å². The maximum Gasteiger partial charge on any atom is 0.109 e. The lowest BCUT2D eigenvalue weighted by atomic mass is 10.0. The third-order valence-electron chi connectivity index (χ3n) is 3.13. The van der Waals surface area contributed by atoms with Gasteiger partial charge in [-0.2, -0.15) is 0 Å². The molecule has 1 aromatic heterocycles. The van der Waals surface area contributed by atoms with E-state index >= 15 is 0 Å². The molecule has 0 saturated carbocycles. The van der Waals surface area contributed by atoms with Gasteiger partial charge in [-0.1, -0.05) is 18.2 Å². The van der Waals surface area contributed by atoms with E-state index in [4.69, 9.17) is 0 Å². The number of hydrogen-bond acceptors (Lipinski definition) is 3. The van der Waals surface area contributed by atoms with Gasteiger partial charge in [-0.3, -0.25) is 0 Å². The first kappa shape index (κ1) is 12.7. The van der Waals surface area contributed by atoms with Crippen LogP contribution < -0.4 is 5.32 Å². The first-order valence-corrected chi connectivity index (χ1v) is 8.02. The van der Waals surface area contributed by atoms with Crippen LogP contribution in [0.4, 0.5) is 5.69 Å². The molecule has 2 N–H and O–H groups in total. The maximum absolute atomic E-state index is 10.4. The van der Waals surface area contributed by atoms with Gasteiger partial charge in [0.15, 0.2) is 0 Å². The van der Waals surface area contributed by atoms with E-state index in [1.807, 2.05) is 18.2 Å². The molecule has 0 fully saturated rings. The molecule has 2 heterocycles. The Morgan fingerprint density at radius 3 is 2.78 bits per heavy atom. The number of aliphatic hydroxyl groups is 1. The maximum atomic E-state index is 10.4. The van der Waals surface area contributed by atoms with Crippen LogP contribution in [-0.2, 0) is 6.42 Å². The molecule has 1 aliphatic rings. The van der Waals surface area contributed by atoms with E-state index < -0.39 is 6.10 Å². The molecule has 0 spiro atoms. The average Bonchev–Trinajstić information content (AvgIpc) is 2.93. The van der Waals surface area contributed by atoms with E-state index in [1.165, 1.54) is 5.56 Å². The Morgan fingerprint density at radius 2 is 2.11 bits per heavy atom. The summed E-state index contributed by atoms with van der Waals surface area (Å²) in [6.07, 6.45) is 0.384. The third kappa shape index (κ3) is 2.25. The van der Waals surface area contributed by atoms with E-state index in [2.05, 4.69) is 49.3 Å². The average molecular weight is 389 g/mol. The molecule has 1 aliphatic heterocycles.